The summed E-state index contributed by atoms with van der Waals surface area (Å²) in [6, 6.07) is 8.30. The van der Waals surface area contributed by atoms with Crippen molar-refractivity contribution in [3.05, 3.63) is 33.8 Å². The van der Waals surface area contributed by atoms with Crippen LogP contribution in [-0.4, -0.2) is 19.3 Å². The summed E-state index contributed by atoms with van der Waals surface area (Å²) in [6.07, 6.45) is 1.14. The first kappa shape index (κ1) is 13.5. The highest BCUT2D eigenvalue weighted by Gasteiger charge is 2.21. The number of nitrogens with zero attached hydrogens (tertiary/aromatic N) is 1. The number of nitrogens with one attached hydrogen (secondary N) is 1. The van der Waals surface area contributed by atoms with E-state index in [2.05, 4.69) is 34.2 Å². The molecule has 1 aliphatic rings. The Morgan fingerprint density at radius 1 is 1.61 bits per heavy atom. The van der Waals surface area contributed by atoms with E-state index in [-0.39, 0.29) is 0 Å². The standard InChI is InChI=1S/C14H17BrN2O/c1-10(13-4-5-18-9-13)17-8-12-3-2-11(7-16)6-14(12)15/h2-3,6,10,13,17H,4-5,8-9H2,1H3. The van der Waals surface area contributed by atoms with Crippen molar-refractivity contribution in [2.24, 2.45) is 5.92 Å². The average molecular weight is 309 g/mol. The Morgan fingerprint density at radius 3 is 3.06 bits per heavy atom. The normalized spacial score (nSPS) is 20.6. The lowest BCUT2D eigenvalue weighted by atomic mass is 10.0. The predicted octanol–water partition coefficient (Wildman–Crippen LogP) is 2.84. The van der Waals surface area contributed by atoms with Gasteiger partial charge in [-0.15, -0.1) is 0 Å². The first-order valence-electron chi connectivity index (χ1n) is 6.20. The molecule has 1 fully saturated rings. The van der Waals surface area contributed by atoms with Crippen LogP contribution in [-0.2, 0) is 11.3 Å². The molecule has 1 N–H and O–H groups in total. The summed E-state index contributed by atoms with van der Waals surface area (Å²) in [7, 11) is 0. The maximum atomic E-state index is 8.81. The van der Waals surface area contributed by atoms with Gasteiger partial charge in [0.25, 0.3) is 0 Å². The van der Waals surface area contributed by atoms with Gasteiger partial charge in [0.15, 0.2) is 0 Å². The summed E-state index contributed by atoms with van der Waals surface area (Å²) in [5.41, 5.74) is 1.86. The van der Waals surface area contributed by atoms with Crippen LogP contribution in [0.15, 0.2) is 22.7 Å². The van der Waals surface area contributed by atoms with Crippen LogP contribution in [0, 0.1) is 17.2 Å². The third-order valence-corrected chi connectivity index (χ3v) is 4.21. The van der Waals surface area contributed by atoms with E-state index in [4.69, 9.17) is 10.00 Å². The smallest absolute Gasteiger partial charge is 0.0992 e. The molecule has 4 heteroatoms. The Hall–Kier alpha value is -0.890. The third-order valence-electron chi connectivity index (χ3n) is 3.47. The van der Waals surface area contributed by atoms with Crippen LogP contribution in [0.1, 0.15) is 24.5 Å². The summed E-state index contributed by atoms with van der Waals surface area (Å²) in [6.45, 7) is 4.76. The molecule has 1 aromatic rings. The molecule has 0 saturated carbocycles. The van der Waals surface area contributed by atoms with Crippen LogP contribution < -0.4 is 5.32 Å². The number of benzene rings is 1. The molecule has 1 aliphatic heterocycles. The largest absolute Gasteiger partial charge is 0.381 e. The zero-order valence-corrected chi connectivity index (χ0v) is 12.0. The minimum atomic E-state index is 0.454. The maximum absolute atomic E-state index is 8.81. The summed E-state index contributed by atoms with van der Waals surface area (Å²) in [5.74, 6) is 0.613. The number of rotatable bonds is 4. The van der Waals surface area contributed by atoms with Crippen molar-refractivity contribution in [1.29, 1.82) is 5.26 Å². The third kappa shape index (κ3) is 3.32. The lowest BCUT2D eigenvalue weighted by molar-refractivity contribution is 0.178. The number of halogens is 1. The molecule has 0 amide bonds. The SMILES string of the molecule is CC(NCc1ccc(C#N)cc1Br)C1CCOC1. The molecule has 96 valence electrons. The molecule has 1 aromatic carbocycles. The van der Waals surface area contributed by atoms with Gasteiger partial charge in [0, 0.05) is 23.7 Å². The van der Waals surface area contributed by atoms with E-state index >= 15 is 0 Å². The lowest BCUT2D eigenvalue weighted by Crippen LogP contribution is -2.33. The van der Waals surface area contributed by atoms with Gasteiger partial charge in [0.2, 0.25) is 0 Å². The van der Waals surface area contributed by atoms with Gasteiger partial charge < -0.3 is 10.1 Å². The highest BCUT2D eigenvalue weighted by molar-refractivity contribution is 9.10. The number of ether oxygens (including phenoxy) is 1. The van der Waals surface area contributed by atoms with Crippen LogP contribution in [0.25, 0.3) is 0 Å². The Kier molecular flexibility index (Phi) is 4.76. The van der Waals surface area contributed by atoms with Gasteiger partial charge in [-0.1, -0.05) is 22.0 Å². The number of nitriles is 1. The van der Waals surface area contributed by atoms with Crippen molar-refractivity contribution in [3.63, 3.8) is 0 Å². The van der Waals surface area contributed by atoms with Crippen molar-refractivity contribution in [2.45, 2.75) is 25.9 Å². The van der Waals surface area contributed by atoms with Crippen molar-refractivity contribution < 1.29 is 4.74 Å². The number of hydrogen-bond acceptors (Lipinski definition) is 3. The molecule has 2 atom stereocenters. The molecule has 0 bridgehead atoms. The Bertz CT molecular complexity index is 450. The molecule has 0 aliphatic carbocycles. The molecule has 18 heavy (non-hydrogen) atoms. The summed E-state index contributed by atoms with van der Waals surface area (Å²) in [5, 5.41) is 12.3. The molecule has 2 unspecified atom stereocenters. The first-order chi connectivity index (χ1) is 8.70. The zero-order chi connectivity index (χ0) is 13.0. The van der Waals surface area contributed by atoms with Crippen molar-refractivity contribution >= 4 is 15.9 Å². The molecular weight excluding hydrogens is 292 g/mol. The van der Waals surface area contributed by atoms with Gasteiger partial charge >= 0.3 is 0 Å². The van der Waals surface area contributed by atoms with Crippen molar-refractivity contribution in [3.8, 4) is 6.07 Å². The second-order valence-electron chi connectivity index (χ2n) is 4.71. The van der Waals surface area contributed by atoms with E-state index in [1.54, 1.807) is 0 Å². The van der Waals surface area contributed by atoms with Crippen molar-refractivity contribution in [2.75, 3.05) is 13.2 Å². The molecule has 3 nitrogen and oxygen atoms in total. The summed E-state index contributed by atoms with van der Waals surface area (Å²) >= 11 is 3.51. The van der Waals surface area contributed by atoms with Gasteiger partial charge in [-0.2, -0.15) is 5.26 Å². The van der Waals surface area contributed by atoms with E-state index in [1.165, 1.54) is 5.56 Å². The first-order valence-corrected chi connectivity index (χ1v) is 6.99. The molecule has 0 spiro atoms. The van der Waals surface area contributed by atoms with Gasteiger partial charge in [-0.05, 0) is 37.0 Å². The zero-order valence-electron chi connectivity index (χ0n) is 10.4. The Morgan fingerprint density at radius 2 is 2.44 bits per heavy atom. The van der Waals surface area contributed by atoms with E-state index in [9.17, 15) is 0 Å². The maximum Gasteiger partial charge on any atom is 0.0992 e. The van der Waals surface area contributed by atoms with Gasteiger partial charge in [0.1, 0.15) is 0 Å². The van der Waals surface area contributed by atoms with E-state index < -0.39 is 0 Å². The second-order valence-corrected chi connectivity index (χ2v) is 5.57. The van der Waals surface area contributed by atoms with Crippen LogP contribution in [0.5, 0.6) is 0 Å². The predicted molar refractivity (Wildman–Crippen MR) is 74.1 cm³/mol. The van der Waals surface area contributed by atoms with Crippen LogP contribution in [0.2, 0.25) is 0 Å². The molecule has 1 saturated heterocycles. The van der Waals surface area contributed by atoms with E-state index in [1.807, 2.05) is 18.2 Å². The highest BCUT2D eigenvalue weighted by atomic mass is 79.9. The van der Waals surface area contributed by atoms with Gasteiger partial charge in [-0.3, -0.25) is 0 Å². The van der Waals surface area contributed by atoms with Gasteiger partial charge in [0.05, 0.1) is 18.2 Å². The highest BCUT2D eigenvalue weighted by Crippen LogP contribution is 2.20. The summed E-state index contributed by atoms with van der Waals surface area (Å²) < 4.78 is 6.39. The molecule has 1 heterocycles. The van der Waals surface area contributed by atoms with Crippen LogP contribution in [0.3, 0.4) is 0 Å². The van der Waals surface area contributed by atoms with E-state index in [0.29, 0.717) is 17.5 Å². The average Bonchev–Trinajstić information content (AvgIpc) is 2.90. The minimum absolute atomic E-state index is 0.454. The van der Waals surface area contributed by atoms with Crippen molar-refractivity contribution in [1.82, 2.24) is 5.32 Å². The lowest BCUT2D eigenvalue weighted by Gasteiger charge is -2.19. The molecular formula is C14H17BrN2O. The monoisotopic (exact) mass is 308 g/mol. The minimum Gasteiger partial charge on any atom is -0.381 e. The van der Waals surface area contributed by atoms with E-state index in [0.717, 1.165) is 30.7 Å². The Labute approximate surface area is 116 Å². The number of hydrogen-bond donors (Lipinski definition) is 1. The fourth-order valence-corrected chi connectivity index (χ4v) is 2.66. The topological polar surface area (TPSA) is 45.0 Å². The summed E-state index contributed by atoms with van der Waals surface area (Å²) in [4.78, 5) is 0. The van der Waals surface area contributed by atoms with Crippen LogP contribution >= 0.6 is 15.9 Å². The van der Waals surface area contributed by atoms with Crippen LogP contribution in [0.4, 0.5) is 0 Å². The molecule has 0 radical (unpaired) electrons. The molecule has 0 aromatic heterocycles. The fourth-order valence-electron chi connectivity index (χ4n) is 2.14. The van der Waals surface area contributed by atoms with Gasteiger partial charge in [-0.25, -0.2) is 0 Å². The Balaban J connectivity index is 1.91. The second kappa shape index (κ2) is 6.33. The fraction of sp³-hybridized carbons (Fsp3) is 0.500. The molecule has 2 rings (SSSR count). The quantitative estimate of drug-likeness (QED) is 0.930.